The van der Waals surface area contributed by atoms with Gasteiger partial charge in [0.2, 0.25) is 0 Å². The average Bonchev–Trinajstić information content (AvgIpc) is 2.82. The van der Waals surface area contributed by atoms with Crippen molar-refractivity contribution in [1.82, 2.24) is 4.98 Å². The number of H-pyrrole nitrogens is 1. The summed E-state index contributed by atoms with van der Waals surface area (Å²) >= 11 is 0. The summed E-state index contributed by atoms with van der Waals surface area (Å²) in [5.41, 5.74) is 6.97. The molecule has 0 radical (unpaired) electrons. The minimum atomic E-state index is 0.0487. The highest BCUT2D eigenvalue weighted by atomic mass is 16.1. The van der Waals surface area contributed by atoms with Gasteiger partial charge in [-0.25, -0.2) is 0 Å². The zero-order valence-electron chi connectivity index (χ0n) is 10.9. The van der Waals surface area contributed by atoms with E-state index in [0.717, 1.165) is 29.7 Å². The molecule has 1 saturated carbocycles. The molecule has 1 unspecified atom stereocenters. The predicted octanol–water partition coefficient (Wildman–Crippen LogP) is 2.07. The van der Waals surface area contributed by atoms with E-state index in [-0.39, 0.29) is 5.43 Å². The maximum atomic E-state index is 12.0. The molecule has 0 amide bonds. The first kappa shape index (κ1) is 12.2. The number of hydrogen-bond acceptors (Lipinski definition) is 3. The molecule has 2 atom stereocenters. The fraction of sp³-hybridized carbons (Fsp3) is 0.400. The van der Waals surface area contributed by atoms with Crippen LogP contribution in [0.3, 0.4) is 0 Å². The summed E-state index contributed by atoms with van der Waals surface area (Å²) in [5.74, 6) is 1.29. The number of para-hydroxylation sites is 1. The van der Waals surface area contributed by atoms with E-state index in [1.54, 1.807) is 6.07 Å². The molecule has 100 valence electrons. The molecule has 0 spiro atoms. The smallest absolute Gasteiger partial charge is 0.191 e. The normalized spacial score (nSPS) is 22.8. The minimum absolute atomic E-state index is 0.0487. The molecule has 4 heteroatoms. The Hall–Kier alpha value is -1.81. The van der Waals surface area contributed by atoms with Gasteiger partial charge in [-0.1, -0.05) is 18.6 Å². The van der Waals surface area contributed by atoms with Crippen LogP contribution in [-0.2, 0) is 0 Å². The van der Waals surface area contributed by atoms with Gasteiger partial charge in [0, 0.05) is 24.0 Å². The Morgan fingerprint density at radius 1 is 1.32 bits per heavy atom. The summed E-state index contributed by atoms with van der Waals surface area (Å²) in [7, 11) is 0. The summed E-state index contributed by atoms with van der Waals surface area (Å²) in [6.07, 6.45) is 3.49. The number of aromatic nitrogens is 1. The molecule has 1 aromatic heterocycles. The molecule has 1 heterocycles. The van der Waals surface area contributed by atoms with Gasteiger partial charge < -0.3 is 16.0 Å². The zero-order valence-corrected chi connectivity index (χ0v) is 10.9. The fourth-order valence-electron chi connectivity index (χ4n) is 2.85. The highest BCUT2D eigenvalue weighted by Crippen LogP contribution is 2.24. The van der Waals surface area contributed by atoms with Crippen LogP contribution in [0.4, 0.5) is 5.82 Å². The lowest BCUT2D eigenvalue weighted by Crippen LogP contribution is -2.30. The summed E-state index contributed by atoms with van der Waals surface area (Å²) in [6, 6.07) is 9.48. The van der Waals surface area contributed by atoms with Crippen molar-refractivity contribution in [3.05, 3.63) is 40.6 Å². The van der Waals surface area contributed by atoms with Crippen molar-refractivity contribution < 1.29 is 0 Å². The summed E-state index contributed by atoms with van der Waals surface area (Å²) < 4.78 is 0. The lowest BCUT2D eigenvalue weighted by atomic mass is 10.1. The molecule has 4 N–H and O–H groups in total. The van der Waals surface area contributed by atoms with E-state index in [2.05, 4.69) is 10.3 Å². The van der Waals surface area contributed by atoms with Crippen LogP contribution in [0.5, 0.6) is 0 Å². The SMILES string of the molecule is N[C@@H]1CCCC1CNc1cc(=O)c2ccccc2[nH]1. The van der Waals surface area contributed by atoms with Gasteiger partial charge in [-0.3, -0.25) is 4.79 Å². The van der Waals surface area contributed by atoms with Crippen LogP contribution in [0.1, 0.15) is 19.3 Å². The minimum Gasteiger partial charge on any atom is -0.371 e. The van der Waals surface area contributed by atoms with Crippen LogP contribution >= 0.6 is 0 Å². The van der Waals surface area contributed by atoms with Gasteiger partial charge >= 0.3 is 0 Å². The Morgan fingerprint density at radius 3 is 2.95 bits per heavy atom. The third-order valence-corrected chi connectivity index (χ3v) is 4.01. The molecule has 4 nitrogen and oxygen atoms in total. The van der Waals surface area contributed by atoms with Crippen molar-refractivity contribution in [2.45, 2.75) is 25.3 Å². The topological polar surface area (TPSA) is 70.9 Å². The van der Waals surface area contributed by atoms with Crippen molar-refractivity contribution in [3.8, 4) is 0 Å². The number of nitrogens with one attached hydrogen (secondary N) is 2. The molecule has 1 fully saturated rings. The van der Waals surface area contributed by atoms with Crippen molar-refractivity contribution in [1.29, 1.82) is 0 Å². The molecule has 1 aliphatic carbocycles. The van der Waals surface area contributed by atoms with E-state index in [4.69, 9.17) is 5.73 Å². The molecule has 2 aromatic rings. The molecular formula is C15H19N3O. The van der Waals surface area contributed by atoms with Crippen LogP contribution in [0.15, 0.2) is 35.1 Å². The number of fused-ring (bicyclic) bond motifs is 1. The van der Waals surface area contributed by atoms with Gasteiger partial charge in [0.1, 0.15) is 5.82 Å². The number of anilines is 1. The number of pyridine rings is 1. The Morgan fingerprint density at radius 2 is 2.16 bits per heavy atom. The van der Waals surface area contributed by atoms with Gasteiger partial charge in [-0.05, 0) is 30.9 Å². The second-order valence-corrected chi connectivity index (χ2v) is 5.33. The Kier molecular flexibility index (Phi) is 3.25. The number of nitrogens with two attached hydrogens (primary N) is 1. The quantitative estimate of drug-likeness (QED) is 0.788. The number of benzene rings is 1. The standard InChI is InChI=1S/C15H19N3O/c16-12-6-3-4-10(12)9-17-15-8-14(19)11-5-1-2-7-13(11)18-15/h1-2,5,7-8,10,12H,3-4,6,9,16H2,(H2,17,18,19)/t10?,12-/m1/s1. The molecule has 0 bridgehead atoms. The Bertz CT molecular complexity index is 635. The fourth-order valence-corrected chi connectivity index (χ4v) is 2.85. The van der Waals surface area contributed by atoms with Gasteiger partial charge in [0.25, 0.3) is 0 Å². The second kappa shape index (κ2) is 5.05. The maximum Gasteiger partial charge on any atom is 0.191 e. The molecule has 3 rings (SSSR count). The van der Waals surface area contributed by atoms with Crippen molar-refractivity contribution in [3.63, 3.8) is 0 Å². The highest BCUT2D eigenvalue weighted by Gasteiger charge is 2.23. The number of hydrogen-bond donors (Lipinski definition) is 3. The molecule has 19 heavy (non-hydrogen) atoms. The van der Waals surface area contributed by atoms with Crippen LogP contribution in [-0.4, -0.2) is 17.6 Å². The van der Waals surface area contributed by atoms with Crippen molar-refractivity contribution >= 4 is 16.7 Å². The third kappa shape index (κ3) is 2.49. The second-order valence-electron chi connectivity index (χ2n) is 5.33. The van der Waals surface area contributed by atoms with E-state index in [9.17, 15) is 4.79 Å². The van der Waals surface area contributed by atoms with Gasteiger partial charge in [0.05, 0.1) is 5.52 Å². The zero-order chi connectivity index (χ0) is 13.2. The molecular weight excluding hydrogens is 238 g/mol. The lowest BCUT2D eigenvalue weighted by molar-refractivity contribution is 0.504. The van der Waals surface area contributed by atoms with Crippen LogP contribution in [0, 0.1) is 5.92 Å². The summed E-state index contributed by atoms with van der Waals surface area (Å²) in [5, 5.41) is 4.04. The van der Waals surface area contributed by atoms with Crippen molar-refractivity contribution in [2.75, 3.05) is 11.9 Å². The maximum absolute atomic E-state index is 12.0. The molecule has 1 aromatic carbocycles. The van der Waals surface area contributed by atoms with Gasteiger partial charge in [-0.2, -0.15) is 0 Å². The van der Waals surface area contributed by atoms with E-state index >= 15 is 0 Å². The van der Waals surface area contributed by atoms with E-state index in [1.807, 2.05) is 24.3 Å². The summed E-state index contributed by atoms with van der Waals surface area (Å²) in [6.45, 7) is 0.829. The third-order valence-electron chi connectivity index (χ3n) is 4.01. The van der Waals surface area contributed by atoms with Gasteiger partial charge in [-0.15, -0.1) is 0 Å². The number of rotatable bonds is 3. The molecule has 1 aliphatic rings. The largest absolute Gasteiger partial charge is 0.371 e. The van der Waals surface area contributed by atoms with Crippen LogP contribution in [0.25, 0.3) is 10.9 Å². The average molecular weight is 257 g/mol. The first-order chi connectivity index (χ1) is 9.24. The van der Waals surface area contributed by atoms with Crippen molar-refractivity contribution in [2.24, 2.45) is 11.7 Å². The summed E-state index contributed by atoms with van der Waals surface area (Å²) in [4.78, 5) is 15.2. The van der Waals surface area contributed by atoms with E-state index in [0.29, 0.717) is 12.0 Å². The van der Waals surface area contributed by atoms with E-state index in [1.165, 1.54) is 12.8 Å². The molecule has 0 aliphatic heterocycles. The first-order valence-corrected chi connectivity index (χ1v) is 6.85. The lowest BCUT2D eigenvalue weighted by Gasteiger charge is -2.16. The monoisotopic (exact) mass is 257 g/mol. The van der Waals surface area contributed by atoms with Crippen LogP contribution < -0.4 is 16.5 Å². The predicted molar refractivity (Wildman–Crippen MR) is 78.4 cm³/mol. The first-order valence-electron chi connectivity index (χ1n) is 6.85. The Labute approximate surface area is 112 Å². The van der Waals surface area contributed by atoms with Gasteiger partial charge in [0.15, 0.2) is 5.43 Å². The highest BCUT2D eigenvalue weighted by molar-refractivity contribution is 5.79. The van der Waals surface area contributed by atoms with E-state index < -0.39 is 0 Å². The molecule has 0 saturated heterocycles. The van der Waals surface area contributed by atoms with Crippen LogP contribution in [0.2, 0.25) is 0 Å². The Balaban J connectivity index is 1.80. The number of aromatic amines is 1.